The molecule has 0 radical (unpaired) electrons. The van der Waals surface area contributed by atoms with Gasteiger partial charge in [-0.1, -0.05) is 0 Å². The van der Waals surface area contributed by atoms with Crippen LogP contribution in [0.1, 0.15) is 0 Å². The fraction of sp³-hybridized carbons (Fsp3) is 0.667. The van der Waals surface area contributed by atoms with Gasteiger partial charge < -0.3 is 4.90 Å². The summed E-state index contributed by atoms with van der Waals surface area (Å²) in [6.07, 6.45) is -5.11. The molecule has 1 nitrogen and oxygen atoms in total. The minimum atomic E-state index is -5.11. The normalized spacial score (nSPS) is 14.2. The van der Waals surface area contributed by atoms with Crippen molar-refractivity contribution in [2.24, 2.45) is 0 Å². The van der Waals surface area contributed by atoms with Crippen molar-refractivity contribution in [3.8, 4) is 0 Å². The Hall–Kier alpha value is -0.810. The summed E-state index contributed by atoms with van der Waals surface area (Å²) >= 11 is 0. The van der Waals surface area contributed by atoms with Crippen LogP contribution in [0.3, 0.4) is 0 Å². The Balaban J connectivity index is 4.85. The Morgan fingerprint density at radius 3 is 1.75 bits per heavy atom. The van der Waals surface area contributed by atoms with Gasteiger partial charge in [-0.3, -0.25) is 0 Å². The smallest absolute Gasteiger partial charge is 0.376 e. The molecular weight excluding hydrogens is 181 g/mol. The highest BCUT2D eigenvalue weighted by Crippen LogP contribution is 2.29. The number of rotatable bonds is 2. The van der Waals surface area contributed by atoms with E-state index in [0.717, 1.165) is 19.0 Å². The molecule has 0 N–H and O–H groups in total. The first-order chi connectivity index (χ1) is 5.30. The van der Waals surface area contributed by atoms with Crippen molar-refractivity contribution in [2.75, 3.05) is 20.8 Å². The Morgan fingerprint density at radius 1 is 1.25 bits per heavy atom. The summed E-state index contributed by atoms with van der Waals surface area (Å²) in [6.45, 7) is -1.47. The molecule has 0 aromatic carbocycles. The quantitative estimate of drug-likeness (QED) is 0.602. The molecule has 0 saturated heterocycles. The molecule has 72 valence electrons. The maximum Gasteiger partial charge on any atom is 0.444 e. The van der Waals surface area contributed by atoms with E-state index < -0.39 is 24.4 Å². The summed E-state index contributed by atoms with van der Waals surface area (Å²) in [5.74, 6) is -2.38. The summed E-state index contributed by atoms with van der Waals surface area (Å²) in [5, 5.41) is 0. The van der Waals surface area contributed by atoms with E-state index in [-0.39, 0.29) is 0 Å². The van der Waals surface area contributed by atoms with E-state index >= 15 is 0 Å². The van der Waals surface area contributed by atoms with Crippen molar-refractivity contribution in [2.45, 2.75) is 6.18 Å². The molecule has 0 aliphatic heterocycles. The van der Waals surface area contributed by atoms with Crippen LogP contribution >= 0.6 is 0 Å². The van der Waals surface area contributed by atoms with E-state index in [1.807, 2.05) is 0 Å². The third-order valence-electron chi connectivity index (χ3n) is 1.17. The van der Waals surface area contributed by atoms with Gasteiger partial charge in [0, 0.05) is 14.1 Å². The molecule has 0 unspecified atom stereocenters. The second-order valence-corrected chi connectivity index (χ2v) is 2.29. The highest BCUT2D eigenvalue weighted by molar-refractivity contribution is 5.10. The largest absolute Gasteiger partial charge is 0.444 e. The molecule has 0 atom stereocenters. The van der Waals surface area contributed by atoms with Gasteiger partial charge in [-0.15, -0.1) is 0 Å². The molecule has 0 fully saturated rings. The maximum absolute atomic E-state index is 12.3. The number of hydrogen-bond donors (Lipinski definition) is 0. The minimum Gasteiger partial charge on any atom is -0.376 e. The molecule has 0 rings (SSSR count). The molecule has 0 heterocycles. The summed E-state index contributed by atoms with van der Waals surface area (Å²) in [5.41, 5.74) is -0.998. The van der Waals surface area contributed by atoms with Gasteiger partial charge in [0.1, 0.15) is 6.67 Å². The van der Waals surface area contributed by atoms with Crippen molar-refractivity contribution in [3.63, 3.8) is 0 Å². The van der Waals surface area contributed by atoms with Crippen molar-refractivity contribution in [1.29, 1.82) is 0 Å². The first-order valence-electron chi connectivity index (χ1n) is 2.99. The lowest BCUT2D eigenvalue weighted by atomic mass is 10.3. The van der Waals surface area contributed by atoms with Crippen LogP contribution in [0.5, 0.6) is 0 Å². The van der Waals surface area contributed by atoms with Gasteiger partial charge in [-0.25, -0.2) is 4.39 Å². The summed E-state index contributed by atoms with van der Waals surface area (Å²) in [6, 6.07) is 0. The van der Waals surface area contributed by atoms with Crippen LogP contribution in [0.4, 0.5) is 22.0 Å². The topological polar surface area (TPSA) is 3.24 Å². The van der Waals surface area contributed by atoms with Crippen molar-refractivity contribution in [1.82, 2.24) is 4.90 Å². The van der Waals surface area contributed by atoms with Crippen LogP contribution in [0, 0.1) is 0 Å². The molecule has 0 aliphatic rings. The van der Waals surface area contributed by atoms with Gasteiger partial charge in [0.2, 0.25) is 5.83 Å². The summed E-state index contributed by atoms with van der Waals surface area (Å²) in [4.78, 5) is 0.753. The molecule has 0 spiro atoms. The third kappa shape index (κ3) is 2.67. The van der Waals surface area contributed by atoms with Crippen LogP contribution in [0.25, 0.3) is 0 Å². The standard InChI is InChI=1S/C6H8F5N/c1-12(2)4(3-7)5(8)6(9,10)11/h3H2,1-2H3/b5-4-. The molecular formula is C6H8F5N. The summed E-state index contributed by atoms with van der Waals surface area (Å²) < 4.78 is 59.0. The second-order valence-electron chi connectivity index (χ2n) is 2.29. The molecule has 0 saturated carbocycles. The lowest BCUT2D eigenvalue weighted by molar-refractivity contribution is -0.111. The molecule has 6 heteroatoms. The number of nitrogens with zero attached hydrogens (tertiary/aromatic N) is 1. The SMILES string of the molecule is CN(C)/C(CF)=C(\F)C(F)(F)F. The van der Waals surface area contributed by atoms with E-state index in [0.29, 0.717) is 0 Å². The number of alkyl halides is 4. The molecule has 12 heavy (non-hydrogen) atoms. The number of hydrogen-bond acceptors (Lipinski definition) is 1. The molecule has 0 aliphatic carbocycles. The van der Waals surface area contributed by atoms with Gasteiger partial charge in [-0.2, -0.15) is 17.6 Å². The Labute approximate surface area is 66.5 Å². The summed E-state index contributed by atoms with van der Waals surface area (Å²) in [7, 11) is 2.28. The van der Waals surface area contributed by atoms with Gasteiger partial charge in [0.15, 0.2) is 0 Å². The lowest BCUT2D eigenvalue weighted by Gasteiger charge is -2.16. The van der Waals surface area contributed by atoms with Crippen LogP contribution in [-0.4, -0.2) is 31.8 Å². The fourth-order valence-corrected chi connectivity index (χ4v) is 0.538. The highest BCUT2D eigenvalue weighted by atomic mass is 19.4. The zero-order valence-corrected chi connectivity index (χ0v) is 6.54. The van der Waals surface area contributed by atoms with Gasteiger partial charge in [0.25, 0.3) is 0 Å². The van der Waals surface area contributed by atoms with E-state index in [1.54, 1.807) is 0 Å². The van der Waals surface area contributed by atoms with Crippen LogP contribution < -0.4 is 0 Å². The molecule has 0 aromatic heterocycles. The molecule has 0 amide bonds. The average molecular weight is 189 g/mol. The lowest BCUT2D eigenvalue weighted by Crippen LogP contribution is -2.20. The van der Waals surface area contributed by atoms with Crippen LogP contribution in [-0.2, 0) is 0 Å². The number of allylic oxidation sites excluding steroid dienone is 2. The molecule has 0 bridgehead atoms. The third-order valence-corrected chi connectivity index (χ3v) is 1.17. The predicted octanol–water partition coefficient (Wildman–Crippen LogP) is 2.26. The second kappa shape index (κ2) is 3.73. The monoisotopic (exact) mass is 189 g/mol. The number of halogens is 5. The molecule has 0 aromatic rings. The zero-order valence-electron chi connectivity index (χ0n) is 6.54. The van der Waals surface area contributed by atoms with E-state index in [9.17, 15) is 22.0 Å². The van der Waals surface area contributed by atoms with E-state index in [1.165, 1.54) is 0 Å². The Morgan fingerprint density at radius 2 is 1.67 bits per heavy atom. The Kier molecular flexibility index (Phi) is 3.48. The van der Waals surface area contributed by atoms with Gasteiger partial charge in [-0.05, 0) is 0 Å². The van der Waals surface area contributed by atoms with Gasteiger partial charge >= 0.3 is 6.18 Å². The van der Waals surface area contributed by atoms with E-state index in [2.05, 4.69) is 0 Å². The van der Waals surface area contributed by atoms with Crippen molar-refractivity contribution in [3.05, 3.63) is 11.5 Å². The average Bonchev–Trinajstić information content (AvgIpc) is 1.86. The predicted molar refractivity (Wildman–Crippen MR) is 33.9 cm³/mol. The van der Waals surface area contributed by atoms with Crippen LogP contribution in [0.15, 0.2) is 11.5 Å². The first-order valence-corrected chi connectivity index (χ1v) is 2.99. The van der Waals surface area contributed by atoms with Gasteiger partial charge in [0.05, 0.1) is 5.70 Å². The van der Waals surface area contributed by atoms with Crippen molar-refractivity contribution >= 4 is 0 Å². The van der Waals surface area contributed by atoms with Crippen LogP contribution in [0.2, 0.25) is 0 Å². The first kappa shape index (κ1) is 11.2. The fourth-order valence-electron chi connectivity index (χ4n) is 0.538. The zero-order chi connectivity index (χ0) is 9.94. The maximum atomic E-state index is 12.3. The minimum absolute atomic E-state index is 0.753. The van der Waals surface area contributed by atoms with Crippen molar-refractivity contribution < 1.29 is 22.0 Å². The Bertz CT molecular complexity index is 181. The highest BCUT2D eigenvalue weighted by Gasteiger charge is 2.38. The van der Waals surface area contributed by atoms with E-state index in [4.69, 9.17) is 0 Å².